The van der Waals surface area contributed by atoms with Gasteiger partial charge in [0.15, 0.2) is 5.58 Å². The Morgan fingerprint density at radius 3 is 1.30 bits per heavy atom. The van der Waals surface area contributed by atoms with Crippen LogP contribution in [0.3, 0.4) is 0 Å². The molecule has 0 aliphatic heterocycles. The zero-order chi connectivity index (χ0) is 29.3. The number of hydrogen-bond donors (Lipinski definition) is 0. The Kier molecular flexibility index (Phi) is 6.51. The maximum atomic E-state index is 6.64. The molecule has 8 aromatic rings. The molecule has 1 aromatic heterocycles. The van der Waals surface area contributed by atoms with Gasteiger partial charge in [-0.1, -0.05) is 133 Å². The van der Waals surface area contributed by atoms with Crippen molar-refractivity contribution in [1.82, 2.24) is 0 Å². The molecule has 0 atom stereocenters. The molecule has 2 heteroatoms. The highest BCUT2D eigenvalue weighted by molar-refractivity contribution is 6.12. The molecule has 208 valence electrons. The fourth-order valence-electron chi connectivity index (χ4n) is 6.07. The van der Waals surface area contributed by atoms with Crippen LogP contribution in [0.25, 0.3) is 55.3 Å². The van der Waals surface area contributed by atoms with Crippen molar-refractivity contribution in [1.29, 1.82) is 0 Å². The Hall–Kier alpha value is -5.86. The largest absolute Gasteiger partial charge is 0.454 e. The molecule has 2 nitrogen and oxygen atoms in total. The molecular formula is C42H29NO. The molecule has 0 saturated heterocycles. The predicted molar refractivity (Wildman–Crippen MR) is 185 cm³/mol. The average Bonchev–Trinajstić information content (AvgIpc) is 3.49. The molecule has 0 amide bonds. The van der Waals surface area contributed by atoms with Crippen molar-refractivity contribution in [2.24, 2.45) is 0 Å². The van der Waals surface area contributed by atoms with Crippen molar-refractivity contribution in [2.45, 2.75) is 0 Å². The molecule has 0 N–H and O–H groups in total. The number of hydrogen-bond acceptors (Lipinski definition) is 2. The van der Waals surface area contributed by atoms with E-state index in [0.29, 0.717) is 0 Å². The second-order valence-corrected chi connectivity index (χ2v) is 11.0. The van der Waals surface area contributed by atoms with E-state index in [4.69, 9.17) is 4.42 Å². The van der Waals surface area contributed by atoms with E-state index in [1.54, 1.807) is 0 Å². The zero-order valence-corrected chi connectivity index (χ0v) is 24.1. The summed E-state index contributed by atoms with van der Waals surface area (Å²) in [5, 5.41) is 2.21. The Morgan fingerprint density at radius 2 is 0.773 bits per heavy atom. The summed E-state index contributed by atoms with van der Waals surface area (Å²) in [6, 6.07) is 62.1. The standard InChI is InChI=1S/C42H29NO/c1-4-12-30(13-5-1)33-20-24-36(25-21-33)43(37-26-22-34(23-27-37)31-14-6-2-7-15-31)40-29-35(32-16-8-3-9-17-32)28-39-38-18-10-11-19-41(38)44-42(39)40/h1-29H. The summed E-state index contributed by atoms with van der Waals surface area (Å²) in [6.07, 6.45) is 0. The molecule has 0 aliphatic carbocycles. The monoisotopic (exact) mass is 563 g/mol. The van der Waals surface area contributed by atoms with Crippen LogP contribution in [0, 0.1) is 0 Å². The van der Waals surface area contributed by atoms with Gasteiger partial charge in [-0.25, -0.2) is 0 Å². The summed E-state index contributed by atoms with van der Waals surface area (Å²) in [4.78, 5) is 2.32. The number of nitrogens with zero attached hydrogens (tertiary/aromatic N) is 1. The molecular weight excluding hydrogens is 534 g/mol. The molecule has 0 fully saturated rings. The maximum Gasteiger partial charge on any atom is 0.159 e. The summed E-state index contributed by atoms with van der Waals surface area (Å²) in [5.41, 5.74) is 11.9. The van der Waals surface area contributed by atoms with Crippen LogP contribution >= 0.6 is 0 Å². The van der Waals surface area contributed by atoms with Gasteiger partial charge in [0.1, 0.15) is 5.58 Å². The van der Waals surface area contributed by atoms with E-state index < -0.39 is 0 Å². The molecule has 0 radical (unpaired) electrons. The van der Waals surface area contributed by atoms with Crippen LogP contribution < -0.4 is 4.90 Å². The van der Waals surface area contributed by atoms with Crippen LogP contribution in [-0.4, -0.2) is 0 Å². The zero-order valence-electron chi connectivity index (χ0n) is 24.1. The van der Waals surface area contributed by atoms with E-state index in [2.05, 4.69) is 175 Å². The molecule has 7 aromatic carbocycles. The fraction of sp³-hybridized carbons (Fsp3) is 0. The van der Waals surface area contributed by atoms with Crippen LogP contribution in [0.4, 0.5) is 17.1 Å². The summed E-state index contributed by atoms with van der Waals surface area (Å²) in [5.74, 6) is 0. The Labute approximate surface area is 257 Å². The predicted octanol–water partition coefficient (Wildman–Crippen LogP) is 12.1. The number of rotatable bonds is 6. The van der Waals surface area contributed by atoms with E-state index in [-0.39, 0.29) is 0 Å². The topological polar surface area (TPSA) is 16.4 Å². The molecule has 1 heterocycles. The first-order valence-electron chi connectivity index (χ1n) is 14.9. The lowest BCUT2D eigenvalue weighted by atomic mass is 10.00. The molecule has 0 bridgehead atoms. The first-order chi connectivity index (χ1) is 21.8. The van der Waals surface area contributed by atoms with Crippen LogP contribution in [0.2, 0.25) is 0 Å². The maximum absolute atomic E-state index is 6.64. The average molecular weight is 564 g/mol. The first kappa shape index (κ1) is 25.8. The lowest BCUT2D eigenvalue weighted by Crippen LogP contribution is -2.10. The third kappa shape index (κ3) is 4.73. The number of anilines is 3. The minimum Gasteiger partial charge on any atom is -0.454 e. The van der Waals surface area contributed by atoms with E-state index in [1.165, 1.54) is 27.8 Å². The summed E-state index contributed by atoms with van der Waals surface area (Å²) in [6.45, 7) is 0. The minimum absolute atomic E-state index is 0.866. The molecule has 0 spiro atoms. The van der Waals surface area contributed by atoms with E-state index in [9.17, 15) is 0 Å². The first-order valence-corrected chi connectivity index (χ1v) is 14.9. The lowest BCUT2D eigenvalue weighted by molar-refractivity contribution is 0.669. The van der Waals surface area contributed by atoms with Crippen LogP contribution in [-0.2, 0) is 0 Å². The number of furan rings is 1. The molecule has 0 saturated carbocycles. The Balaban J connectivity index is 1.35. The van der Waals surface area contributed by atoms with Crippen LogP contribution in [0.1, 0.15) is 0 Å². The number of benzene rings is 7. The summed E-state index contributed by atoms with van der Waals surface area (Å²) in [7, 11) is 0. The minimum atomic E-state index is 0.866. The molecule has 0 unspecified atom stereocenters. The van der Waals surface area contributed by atoms with Crippen molar-refractivity contribution in [3.8, 4) is 33.4 Å². The molecule has 8 rings (SSSR count). The van der Waals surface area contributed by atoms with Gasteiger partial charge in [-0.05, 0) is 75.8 Å². The van der Waals surface area contributed by atoms with E-state index >= 15 is 0 Å². The van der Waals surface area contributed by atoms with Gasteiger partial charge in [0, 0.05) is 22.1 Å². The van der Waals surface area contributed by atoms with Gasteiger partial charge in [0.05, 0.1) is 5.69 Å². The highest BCUT2D eigenvalue weighted by Gasteiger charge is 2.21. The lowest BCUT2D eigenvalue weighted by Gasteiger charge is -2.26. The van der Waals surface area contributed by atoms with Gasteiger partial charge in [0.2, 0.25) is 0 Å². The fourth-order valence-corrected chi connectivity index (χ4v) is 6.07. The number of para-hydroxylation sites is 1. The van der Waals surface area contributed by atoms with Gasteiger partial charge in [0.25, 0.3) is 0 Å². The second kappa shape index (κ2) is 11.1. The van der Waals surface area contributed by atoms with Crippen molar-refractivity contribution < 1.29 is 4.42 Å². The van der Waals surface area contributed by atoms with Crippen molar-refractivity contribution in [3.05, 3.63) is 176 Å². The van der Waals surface area contributed by atoms with Crippen molar-refractivity contribution >= 4 is 39.0 Å². The highest BCUT2D eigenvalue weighted by atomic mass is 16.3. The Bertz CT molecular complexity index is 2100. The third-order valence-electron chi connectivity index (χ3n) is 8.27. The highest BCUT2D eigenvalue weighted by Crippen LogP contribution is 2.45. The van der Waals surface area contributed by atoms with Crippen LogP contribution in [0.5, 0.6) is 0 Å². The van der Waals surface area contributed by atoms with E-state index in [0.717, 1.165) is 44.6 Å². The van der Waals surface area contributed by atoms with Gasteiger partial charge in [-0.15, -0.1) is 0 Å². The Morgan fingerprint density at radius 1 is 0.341 bits per heavy atom. The van der Waals surface area contributed by atoms with E-state index in [1.807, 2.05) is 6.07 Å². The normalized spacial score (nSPS) is 11.2. The van der Waals surface area contributed by atoms with Crippen molar-refractivity contribution in [3.63, 3.8) is 0 Å². The summed E-state index contributed by atoms with van der Waals surface area (Å²) < 4.78 is 6.64. The third-order valence-corrected chi connectivity index (χ3v) is 8.27. The smallest absolute Gasteiger partial charge is 0.159 e. The van der Waals surface area contributed by atoms with Gasteiger partial charge in [-0.2, -0.15) is 0 Å². The van der Waals surface area contributed by atoms with Crippen LogP contribution in [0.15, 0.2) is 180 Å². The number of fused-ring (bicyclic) bond motifs is 3. The van der Waals surface area contributed by atoms with Gasteiger partial charge in [-0.3, -0.25) is 0 Å². The summed E-state index contributed by atoms with van der Waals surface area (Å²) >= 11 is 0. The SMILES string of the molecule is c1ccc(-c2ccc(N(c3ccc(-c4ccccc4)cc3)c3cc(-c4ccccc4)cc4c3oc3ccccc34)cc2)cc1. The quantitative estimate of drug-likeness (QED) is 0.200. The van der Waals surface area contributed by atoms with Gasteiger partial charge < -0.3 is 9.32 Å². The molecule has 44 heavy (non-hydrogen) atoms. The molecule has 0 aliphatic rings. The van der Waals surface area contributed by atoms with Crippen molar-refractivity contribution in [2.75, 3.05) is 4.90 Å². The second-order valence-electron chi connectivity index (χ2n) is 11.0. The van der Waals surface area contributed by atoms with Gasteiger partial charge >= 0.3 is 0 Å².